The zero-order valence-corrected chi connectivity index (χ0v) is 21.3. The van der Waals surface area contributed by atoms with Crippen molar-refractivity contribution in [2.24, 2.45) is 5.73 Å². The van der Waals surface area contributed by atoms with Crippen molar-refractivity contribution in [3.63, 3.8) is 0 Å². The summed E-state index contributed by atoms with van der Waals surface area (Å²) in [4.78, 5) is 49.3. The number of aliphatic carboxylic acids is 2. The molecule has 0 saturated carbocycles. The van der Waals surface area contributed by atoms with Gasteiger partial charge in [0.15, 0.2) is 4.34 Å². The van der Waals surface area contributed by atoms with Gasteiger partial charge in [-0.15, -0.1) is 22.0 Å². The summed E-state index contributed by atoms with van der Waals surface area (Å²) in [6.07, 6.45) is 0. The number of amides is 2. The van der Waals surface area contributed by atoms with Crippen LogP contribution in [-0.2, 0) is 30.5 Å². The molecule has 0 spiro atoms. The maximum atomic E-state index is 12.9. The number of hydrogen-bond donors (Lipinski definition) is 5. The molecule has 196 valence electrons. The number of ether oxygens (including phenoxy) is 1. The Morgan fingerprint density at radius 1 is 1.24 bits per heavy atom. The van der Waals surface area contributed by atoms with E-state index in [1.165, 1.54) is 64.0 Å². The van der Waals surface area contributed by atoms with Crippen molar-refractivity contribution >= 4 is 58.6 Å². The SMILES string of the molecule is NC(C(=O)NC1C(=O)N2C(C(=O)O)=C(CSc3nnc(COCC(=O)O)s3)CS[C@H]12)c1ccc(O)cc1. The first-order valence-electron chi connectivity index (χ1n) is 10.6. The zero-order valence-electron chi connectivity index (χ0n) is 18.9. The summed E-state index contributed by atoms with van der Waals surface area (Å²) < 4.78 is 5.52. The van der Waals surface area contributed by atoms with E-state index in [2.05, 4.69) is 15.5 Å². The lowest BCUT2D eigenvalue weighted by molar-refractivity contribution is -0.150. The van der Waals surface area contributed by atoms with Crippen molar-refractivity contribution < 1.29 is 39.2 Å². The molecular weight excluding hydrogens is 546 g/mol. The van der Waals surface area contributed by atoms with Crippen LogP contribution in [0.15, 0.2) is 39.9 Å². The van der Waals surface area contributed by atoms with Gasteiger partial charge in [0.2, 0.25) is 5.91 Å². The van der Waals surface area contributed by atoms with Crippen LogP contribution in [-0.4, -0.2) is 83.7 Å². The fourth-order valence-electron chi connectivity index (χ4n) is 3.60. The number of nitrogens with one attached hydrogen (secondary N) is 1. The molecule has 0 bridgehead atoms. The molecule has 3 atom stereocenters. The van der Waals surface area contributed by atoms with Gasteiger partial charge in [0.25, 0.3) is 5.91 Å². The number of carbonyl (C=O) groups is 4. The number of fused-ring (bicyclic) bond motifs is 1. The highest BCUT2D eigenvalue weighted by molar-refractivity contribution is 8.01. The van der Waals surface area contributed by atoms with Gasteiger partial charge in [0.1, 0.15) is 47.1 Å². The molecule has 2 aliphatic rings. The van der Waals surface area contributed by atoms with Crippen LogP contribution in [0.3, 0.4) is 0 Å². The average Bonchev–Trinajstić information content (AvgIpc) is 3.32. The highest BCUT2D eigenvalue weighted by atomic mass is 32.2. The number of nitrogens with two attached hydrogens (primary N) is 1. The van der Waals surface area contributed by atoms with Gasteiger partial charge < -0.3 is 31.1 Å². The first-order chi connectivity index (χ1) is 17.7. The molecule has 2 aromatic rings. The summed E-state index contributed by atoms with van der Waals surface area (Å²) in [6.45, 7) is -0.458. The Hall–Kier alpha value is -3.18. The van der Waals surface area contributed by atoms with Gasteiger partial charge in [0.05, 0.1) is 0 Å². The maximum Gasteiger partial charge on any atom is 0.352 e. The minimum absolute atomic E-state index is 0.00305. The monoisotopic (exact) mass is 567 g/mol. The fourth-order valence-corrected chi connectivity index (χ4v) is 6.92. The number of nitrogens with zero attached hydrogens (tertiary/aromatic N) is 3. The molecule has 37 heavy (non-hydrogen) atoms. The Balaban J connectivity index is 1.38. The van der Waals surface area contributed by atoms with Crippen LogP contribution in [0.25, 0.3) is 0 Å². The van der Waals surface area contributed by atoms with Gasteiger partial charge in [-0.25, -0.2) is 9.59 Å². The molecule has 0 aliphatic carbocycles. The number of aromatic hydroxyl groups is 1. The third-order valence-corrected chi connectivity index (χ3v) is 8.81. The second kappa shape index (κ2) is 11.5. The highest BCUT2D eigenvalue weighted by Gasteiger charge is 2.54. The number of phenolic OH excluding ortho intramolecular Hbond substituents is 1. The summed E-state index contributed by atoms with van der Waals surface area (Å²) in [7, 11) is 0. The van der Waals surface area contributed by atoms with Crippen molar-refractivity contribution in [2.75, 3.05) is 18.1 Å². The van der Waals surface area contributed by atoms with E-state index in [0.717, 1.165) is 0 Å². The van der Waals surface area contributed by atoms with Crippen LogP contribution < -0.4 is 11.1 Å². The average molecular weight is 568 g/mol. The minimum Gasteiger partial charge on any atom is -0.508 e. The Labute approximate surface area is 222 Å². The Kier molecular flexibility index (Phi) is 8.33. The van der Waals surface area contributed by atoms with Gasteiger partial charge in [0, 0.05) is 11.5 Å². The minimum atomic E-state index is -1.25. The van der Waals surface area contributed by atoms with E-state index >= 15 is 0 Å². The Morgan fingerprint density at radius 2 is 1.97 bits per heavy atom. The zero-order chi connectivity index (χ0) is 26.7. The number of hydrogen-bond acceptors (Lipinski definition) is 12. The van der Waals surface area contributed by atoms with Gasteiger partial charge >= 0.3 is 11.9 Å². The van der Waals surface area contributed by atoms with Crippen LogP contribution in [0.5, 0.6) is 5.75 Å². The molecule has 2 aliphatic heterocycles. The van der Waals surface area contributed by atoms with Gasteiger partial charge in [-0.3, -0.25) is 14.5 Å². The summed E-state index contributed by atoms with van der Waals surface area (Å²) in [5.74, 6) is -2.88. The van der Waals surface area contributed by atoms with E-state index in [1.807, 2.05) is 0 Å². The van der Waals surface area contributed by atoms with Crippen LogP contribution in [0.1, 0.15) is 16.6 Å². The molecule has 1 saturated heterocycles. The number of carbonyl (C=O) groups excluding carboxylic acids is 2. The number of β-lactam (4-membered cyclic amide) rings is 1. The Bertz CT molecular complexity index is 1250. The van der Waals surface area contributed by atoms with Crippen molar-refractivity contribution in [1.82, 2.24) is 20.4 Å². The maximum absolute atomic E-state index is 12.9. The van der Waals surface area contributed by atoms with Crippen LogP contribution in [0.2, 0.25) is 0 Å². The van der Waals surface area contributed by atoms with Crippen LogP contribution in [0.4, 0.5) is 0 Å². The molecule has 4 rings (SSSR count). The predicted octanol–water partition coefficient (Wildman–Crippen LogP) is 0.376. The molecule has 1 aromatic heterocycles. The quantitative estimate of drug-likeness (QED) is 0.184. The molecule has 2 unspecified atom stereocenters. The van der Waals surface area contributed by atoms with Crippen molar-refractivity contribution in [2.45, 2.75) is 28.4 Å². The summed E-state index contributed by atoms with van der Waals surface area (Å²) in [5.41, 5.74) is 6.84. The normalized spacial score (nSPS) is 19.7. The van der Waals surface area contributed by atoms with Crippen molar-refractivity contribution in [3.05, 3.63) is 46.1 Å². The van der Waals surface area contributed by atoms with Crippen molar-refractivity contribution in [3.8, 4) is 5.75 Å². The molecule has 2 amide bonds. The number of phenols is 1. The standard InChI is InChI=1S/C21H21N5O8S3/c22-14(9-1-3-11(27)4-2-9)17(30)23-15-18(31)26-16(20(32)33)10(7-35-19(15)26)8-36-21-25-24-12(37-21)5-34-6-13(28)29/h1-4,14-15,19,27H,5-8,22H2,(H,23,30)(H,28,29)(H,32,33)/t14?,15?,19-/m1/s1. The number of rotatable bonds is 11. The molecule has 3 heterocycles. The van der Waals surface area contributed by atoms with Gasteiger partial charge in [-0.05, 0) is 23.3 Å². The molecule has 13 nitrogen and oxygen atoms in total. The first kappa shape index (κ1) is 26.9. The first-order valence-corrected chi connectivity index (χ1v) is 13.5. The smallest absolute Gasteiger partial charge is 0.352 e. The van der Waals surface area contributed by atoms with Crippen LogP contribution >= 0.6 is 34.9 Å². The highest BCUT2D eigenvalue weighted by Crippen LogP contribution is 2.42. The lowest BCUT2D eigenvalue weighted by atomic mass is 10.0. The second-order valence-electron chi connectivity index (χ2n) is 7.86. The fraction of sp³-hybridized carbons (Fsp3) is 0.333. The number of benzene rings is 1. The van der Waals surface area contributed by atoms with Crippen molar-refractivity contribution in [1.29, 1.82) is 0 Å². The molecular formula is C21H21N5O8S3. The van der Waals surface area contributed by atoms with Gasteiger partial charge in [-0.2, -0.15) is 0 Å². The number of carboxylic acids is 2. The van der Waals surface area contributed by atoms with Crippen LogP contribution in [0, 0.1) is 0 Å². The van der Waals surface area contributed by atoms with E-state index in [4.69, 9.17) is 15.6 Å². The molecule has 16 heteroatoms. The van der Waals surface area contributed by atoms with Gasteiger partial charge in [-0.1, -0.05) is 35.2 Å². The molecule has 1 aromatic carbocycles. The Morgan fingerprint density at radius 3 is 2.65 bits per heavy atom. The molecule has 0 radical (unpaired) electrons. The molecule has 1 fully saturated rings. The van der Waals surface area contributed by atoms with E-state index < -0.39 is 47.8 Å². The summed E-state index contributed by atoms with van der Waals surface area (Å²) in [6, 6.07) is 3.82. The van der Waals surface area contributed by atoms with E-state index in [1.54, 1.807) is 0 Å². The third-order valence-electron chi connectivity index (χ3n) is 5.35. The predicted molar refractivity (Wildman–Crippen MR) is 133 cm³/mol. The lowest BCUT2D eigenvalue weighted by Crippen LogP contribution is -2.71. The summed E-state index contributed by atoms with van der Waals surface area (Å²) >= 11 is 3.78. The topological polar surface area (TPSA) is 205 Å². The van der Waals surface area contributed by atoms with E-state index in [9.17, 15) is 29.4 Å². The van der Waals surface area contributed by atoms with E-state index in [-0.39, 0.29) is 23.8 Å². The number of aromatic nitrogens is 2. The summed E-state index contributed by atoms with van der Waals surface area (Å²) in [5, 5.41) is 38.3. The number of carboxylic acid groups (broad SMARTS) is 2. The largest absolute Gasteiger partial charge is 0.508 e. The third kappa shape index (κ3) is 6.04. The van der Waals surface area contributed by atoms with E-state index in [0.29, 0.717) is 26.2 Å². The number of thioether (sulfide) groups is 2. The second-order valence-corrected chi connectivity index (χ2v) is 11.2. The molecule has 6 N–H and O–H groups in total. The lowest BCUT2D eigenvalue weighted by Gasteiger charge is -2.49.